The molecule has 5 unspecified atom stereocenters. The summed E-state index contributed by atoms with van der Waals surface area (Å²) < 4.78 is 6.50. The SMILES string of the molecule is CC1CC(c2cccc3c2oc2ccccc23)=CC(Nc2cccc(CN3C(c4ccccc4)N3C(N)c3ccccc3)c2)=C1c1ccccc1. The van der Waals surface area contributed by atoms with E-state index in [-0.39, 0.29) is 18.2 Å². The van der Waals surface area contributed by atoms with Gasteiger partial charge in [-0.25, -0.2) is 5.01 Å². The molecule has 7 aromatic rings. The number of hydrogen-bond donors (Lipinski definition) is 2. The lowest BCUT2D eigenvalue weighted by Crippen LogP contribution is -2.23. The molecule has 3 N–H and O–H groups in total. The summed E-state index contributed by atoms with van der Waals surface area (Å²) in [4.78, 5) is 0. The predicted octanol–water partition coefficient (Wildman–Crippen LogP) is 10.9. The Hall–Kier alpha value is -5.72. The molecule has 0 bridgehead atoms. The monoisotopic (exact) mass is 664 g/mol. The Morgan fingerprint density at radius 1 is 0.745 bits per heavy atom. The van der Waals surface area contributed by atoms with Gasteiger partial charge in [0.05, 0.1) is 6.17 Å². The number of benzene rings is 6. The van der Waals surface area contributed by atoms with E-state index in [2.05, 4.69) is 174 Å². The maximum Gasteiger partial charge on any atom is 0.142 e. The van der Waals surface area contributed by atoms with Gasteiger partial charge in [-0.1, -0.05) is 146 Å². The highest BCUT2D eigenvalue weighted by molar-refractivity contribution is 6.08. The van der Waals surface area contributed by atoms with Crippen LogP contribution in [-0.2, 0) is 6.54 Å². The van der Waals surface area contributed by atoms with Gasteiger partial charge in [0, 0.05) is 34.3 Å². The van der Waals surface area contributed by atoms with Crippen molar-refractivity contribution < 1.29 is 4.42 Å². The molecule has 250 valence electrons. The normalized spacial score (nSPS) is 20.7. The average Bonchev–Trinajstić information content (AvgIpc) is 3.75. The number of nitrogens with two attached hydrogens (primary N) is 1. The average molecular weight is 665 g/mol. The second kappa shape index (κ2) is 13.2. The third-order valence-corrected chi connectivity index (χ3v) is 10.3. The van der Waals surface area contributed by atoms with Crippen molar-refractivity contribution in [3.8, 4) is 0 Å². The molecule has 2 aliphatic rings. The molecule has 0 radical (unpaired) electrons. The fraction of sp³-hybridized carbons (Fsp3) is 0.130. The molecule has 1 aliphatic heterocycles. The lowest BCUT2D eigenvalue weighted by Gasteiger charge is -2.28. The third kappa shape index (κ3) is 5.96. The summed E-state index contributed by atoms with van der Waals surface area (Å²) in [5, 5.41) is 10.9. The summed E-state index contributed by atoms with van der Waals surface area (Å²) >= 11 is 0. The predicted molar refractivity (Wildman–Crippen MR) is 209 cm³/mol. The number of hydrazine groups is 1. The zero-order chi connectivity index (χ0) is 34.3. The van der Waals surface area contributed by atoms with Crippen LogP contribution in [0.2, 0.25) is 0 Å². The smallest absolute Gasteiger partial charge is 0.142 e. The highest BCUT2D eigenvalue weighted by Crippen LogP contribution is 2.48. The standard InChI is InChI=1S/C46H40N4O/c1-31-27-36(38-24-14-25-40-39-23-11-12-26-42(39)51-44(38)40)29-41(43(31)33-16-5-2-6-17-33)48-37-22-13-15-32(28-37)30-49-46(35-20-9-4-10-21-35)50(49)45(47)34-18-7-3-8-19-34/h2-26,28-29,31,45-46,48H,27,30,47H2,1H3. The Labute approximate surface area is 298 Å². The second-order valence-electron chi connectivity index (χ2n) is 13.7. The molecule has 0 spiro atoms. The van der Waals surface area contributed by atoms with Crippen LogP contribution >= 0.6 is 0 Å². The number of nitrogens with zero attached hydrogens (tertiary/aromatic N) is 2. The van der Waals surface area contributed by atoms with E-state index >= 15 is 0 Å². The zero-order valence-electron chi connectivity index (χ0n) is 28.6. The molecular formula is C46H40N4O. The van der Waals surface area contributed by atoms with Crippen molar-refractivity contribution in [2.24, 2.45) is 11.7 Å². The molecule has 5 heteroatoms. The van der Waals surface area contributed by atoms with Gasteiger partial charge in [-0.05, 0) is 70.0 Å². The third-order valence-electron chi connectivity index (χ3n) is 10.3. The Balaban J connectivity index is 1.06. The summed E-state index contributed by atoms with van der Waals surface area (Å²) in [5.74, 6) is 0.287. The number of allylic oxidation sites excluding steroid dienone is 3. The van der Waals surface area contributed by atoms with Gasteiger partial charge in [-0.3, -0.25) is 0 Å². The van der Waals surface area contributed by atoms with Crippen molar-refractivity contribution in [1.82, 2.24) is 10.0 Å². The Kier molecular flexibility index (Phi) is 8.09. The van der Waals surface area contributed by atoms with E-state index in [1.165, 1.54) is 27.8 Å². The zero-order valence-corrected chi connectivity index (χ0v) is 28.6. The lowest BCUT2D eigenvalue weighted by molar-refractivity contribution is 0.237. The van der Waals surface area contributed by atoms with Crippen molar-refractivity contribution in [3.63, 3.8) is 0 Å². The first-order chi connectivity index (χ1) is 25.1. The number of para-hydroxylation sites is 2. The van der Waals surface area contributed by atoms with Gasteiger partial charge in [-0.2, -0.15) is 5.01 Å². The van der Waals surface area contributed by atoms with Crippen molar-refractivity contribution in [2.45, 2.75) is 32.2 Å². The van der Waals surface area contributed by atoms with E-state index in [0.717, 1.165) is 57.4 Å². The molecule has 9 rings (SSSR count). The van der Waals surface area contributed by atoms with Crippen molar-refractivity contribution >= 4 is 38.8 Å². The largest absolute Gasteiger partial charge is 0.455 e. The van der Waals surface area contributed by atoms with Gasteiger partial charge in [0.15, 0.2) is 0 Å². The maximum atomic E-state index is 6.88. The van der Waals surface area contributed by atoms with E-state index in [9.17, 15) is 0 Å². The minimum absolute atomic E-state index is 0.107. The van der Waals surface area contributed by atoms with Gasteiger partial charge < -0.3 is 15.5 Å². The summed E-state index contributed by atoms with van der Waals surface area (Å²) in [5.41, 5.74) is 19.4. The number of anilines is 1. The molecule has 1 aliphatic carbocycles. The highest BCUT2D eigenvalue weighted by atomic mass is 16.3. The lowest BCUT2D eigenvalue weighted by atomic mass is 9.80. The molecule has 5 nitrogen and oxygen atoms in total. The molecule has 1 saturated heterocycles. The van der Waals surface area contributed by atoms with Crippen LogP contribution in [0.25, 0.3) is 33.1 Å². The highest BCUT2D eigenvalue weighted by Gasteiger charge is 2.49. The Morgan fingerprint density at radius 2 is 1.43 bits per heavy atom. The molecule has 0 saturated carbocycles. The van der Waals surface area contributed by atoms with Crippen molar-refractivity contribution in [2.75, 3.05) is 5.32 Å². The number of fused-ring (bicyclic) bond motifs is 3. The fourth-order valence-corrected chi connectivity index (χ4v) is 7.90. The molecule has 6 aromatic carbocycles. The second-order valence-corrected chi connectivity index (χ2v) is 13.7. The first kappa shape index (κ1) is 31.3. The minimum atomic E-state index is -0.236. The van der Waals surface area contributed by atoms with E-state index in [4.69, 9.17) is 10.2 Å². The van der Waals surface area contributed by atoms with Crippen LogP contribution in [0.15, 0.2) is 174 Å². The van der Waals surface area contributed by atoms with Crippen LogP contribution in [0.1, 0.15) is 53.5 Å². The van der Waals surface area contributed by atoms with Crippen LogP contribution in [0.4, 0.5) is 5.69 Å². The minimum Gasteiger partial charge on any atom is -0.455 e. The van der Waals surface area contributed by atoms with E-state index in [1.807, 2.05) is 12.1 Å². The number of hydrogen-bond acceptors (Lipinski definition) is 5. The van der Waals surface area contributed by atoms with Gasteiger partial charge in [0.25, 0.3) is 0 Å². The molecule has 0 amide bonds. The van der Waals surface area contributed by atoms with Gasteiger partial charge in [0.2, 0.25) is 0 Å². The van der Waals surface area contributed by atoms with E-state index in [1.54, 1.807) is 0 Å². The van der Waals surface area contributed by atoms with Crippen molar-refractivity contribution in [1.29, 1.82) is 0 Å². The maximum absolute atomic E-state index is 6.88. The molecule has 5 atom stereocenters. The topological polar surface area (TPSA) is 57.2 Å². The Bertz CT molecular complexity index is 2400. The van der Waals surface area contributed by atoms with Crippen LogP contribution in [-0.4, -0.2) is 10.0 Å². The summed E-state index contributed by atoms with van der Waals surface area (Å²) in [6.45, 7) is 3.08. The molecule has 1 fully saturated rings. The van der Waals surface area contributed by atoms with Crippen LogP contribution in [0, 0.1) is 5.92 Å². The summed E-state index contributed by atoms with van der Waals surface area (Å²) in [7, 11) is 0. The van der Waals surface area contributed by atoms with Crippen LogP contribution in [0.3, 0.4) is 0 Å². The Morgan fingerprint density at radius 3 is 2.24 bits per heavy atom. The van der Waals surface area contributed by atoms with E-state index < -0.39 is 0 Å². The summed E-state index contributed by atoms with van der Waals surface area (Å²) in [6.07, 6.45) is 3.13. The van der Waals surface area contributed by atoms with Gasteiger partial charge in [0.1, 0.15) is 17.3 Å². The molecule has 51 heavy (non-hydrogen) atoms. The quantitative estimate of drug-likeness (QED) is 0.150. The number of rotatable bonds is 9. The molecule has 1 aromatic heterocycles. The van der Waals surface area contributed by atoms with Crippen LogP contribution < -0.4 is 11.1 Å². The fourth-order valence-electron chi connectivity index (χ4n) is 7.90. The van der Waals surface area contributed by atoms with Crippen LogP contribution in [0.5, 0.6) is 0 Å². The first-order valence-corrected chi connectivity index (χ1v) is 17.8. The van der Waals surface area contributed by atoms with Gasteiger partial charge in [-0.15, -0.1) is 0 Å². The molecular weight excluding hydrogens is 625 g/mol. The van der Waals surface area contributed by atoms with E-state index in [0.29, 0.717) is 0 Å². The molecule has 2 heterocycles. The summed E-state index contributed by atoms with van der Waals surface area (Å²) in [6, 6.07) is 55.4. The number of nitrogens with one attached hydrogen (secondary N) is 1. The first-order valence-electron chi connectivity index (χ1n) is 17.8. The number of furan rings is 1. The van der Waals surface area contributed by atoms with Crippen molar-refractivity contribution in [3.05, 3.63) is 197 Å². The van der Waals surface area contributed by atoms with Gasteiger partial charge >= 0.3 is 0 Å².